The predicted octanol–water partition coefficient (Wildman–Crippen LogP) is 3.88. The molecular weight excluding hydrogens is 266 g/mol. The molecule has 20 heavy (non-hydrogen) atoms. The molecule has 0 saturated carbocycles. The van der Waals surface area contributed by atoms with E-state index in [1.165, 1.54) is 31.2 Å². The van der Waals surface area contributed by atoms with Crippen molar-refractivity contribution >= 4 is 23.0 Å². The van der Waals surface area contributed by atoms with E-state index < -0.39 is 0 Å². The first kappa shape index (κ1) is 15.3. The van der Waals surface area contributed by atoms with Crippen LogP contribution in [0.15, 0.2) is 24.3 Å². The number of unbranched alkanes of at least 4 members (excludes halogenated alkanes) is 3. The summed E-state index contributed by atoms with van der Waals surface area (Å²) in [5.41, 5.74) is 5.73. The molecule has 1 heterocycles. The van der Waals surface area contributed by atoms with Crippen molar-refractivity contribution in [3.8, 4) is 0 Å². The second-order valence-electron chi connectivity index (χ2n) is 5.86. The van der Waals surface area contributed by atoms with E-state index in [0.29, 0.717) is 0 Å². The van der Waals surface area contributed by atoms with Crippen molar-refractivity contribution in [2.24, 2.45) is 0 Å². The van der Waals surface area contributed by atoms with Gasteiger partial charge in [0.05, 0.1) is 5.69 Å². The molecule has 1 fully saturated rings. The Balaban J connectivity index is 1.97. The summed E-state index contributed by atoms with van der Waals surface area (Å²) >= 11 is 5.46. The van der Waals surface area contributed by atoms with Gasteiger partial charge >= 0.3 is 0 Å². The maximum absolute atomic E-state index is 5.46. The smallest absolute Gasteiger partial charge is 0.189 e. The summed E-state index contributed by atoms with van der Waals surface area (Å²) < 4.78 is 0. The zero-order chi connectivity index (χ0) is 14.6. The topological polar surface area (TPSA) is 27.3 Å². The number of benzene rings is 1. The molecule has 2 N–H and O–H groups in total. The third-order valence-corrected chi connectivity index (χ3v) is 4.05. The van der Waals surface area contributed by atoms with Crippen molar-refractivity contribution in [3.05, 3.63) is 29.8 Å². The van der Waals surface area contributed by atoms with Crippen LogP contribution in [0.25, 0.3) is 0 Å². The Kier molecular flexibility index (Phi) is 5.00. The van der Waals surface area contributed by atoms with Gasteiger partial charge in [-0.25, -0.2) is 5.43 Å². The van der Waals surface area contributed by atoms with Gasteiger partial charge < -0.3 is 5.32 Å². The highest BCUT2D eigenvalue weighted by Gasteiger charge is 2.35. The second-order valence-corrected chi connectivity index (χ2v) is 6.24. The summed E-state index contributed by atoms with van der Waals surface area (Å²) in [5.74, 6) is 0. The van der Waals surface area contributed by atoms with Crippen LogP contribution < -0.4 is 15.8 Å². The first-order valence-electron chi connectivity index (χ1n) is 7.51. The lowest BCUT2D eigenvalue weighted by Gasteiger charge is -2.25. The number of anilines is 1. The van der Waals surface area contributed by atoms with Gasteiger partial charge in [-0.15, -0.1) is 0 Å². The van der Waals surface area contributed by atoms with Crippen molar-refractivity contribution in [1.82, 2.24) is 10.7 Å². The number of nitrogens with zero attached hydrogens (tertiary/aromatic N) is 1. The van der Waals surface area contributed by atoms with Crippen LogP contribution in [0.3, 0.4) is 0 Å². The van der Waals surface area contributed by atoms with Gasteiger partial charge in [0.2, 0.25) is 0 Å². The Bertz CT molecular complexity index is 457. The van der Waals surface area contributed by atoms with E-state index in [4.69, 9.17) is 12.2 Å². The van der Waals surface area contributed by atoms with Gasteiger partial charge in [-0.05, 0) is 51.0 Å². The van der Waals surface area contributed by atoms with Crippen LogP contribution in [-0.2, 0) is 0 Å². The number of hydrazine groups is 1. The molecule has 1 saturated heterocycles. The molecule has 0 unspecified atom stereocenters. The van der Waals surface area contributed by atoms with Crippen LogP contribution in [-0.4, -0.2) is 10.8 Å². The predicted molar refractivity (Wildman–Crippen MR) is 89.7 cm³/mol. The number of nitrogens with one attached hydrogen (secondary N) is 2. The van der Waals surface area contributed by atoms with Crippen molar-refractivity contribution in [2.75, 3.05) is 5.01 Å². The third kappa shape index (κ3) is 3.70. The molecule has 1 aromatic carbocycles. The summed E-state index contributed by atoms with van der Waals surface area (Å²) in [7, 11) is 0. The van der Waals surface area contributed by atoms with Gasteiger partial charge in [-0.3, -0.25) is 5.01 Å². The second kappa shape index (κ2) is 6.55. The normalized spacial score (nSPS) is 22.1. The average Bonchev–Trinajstić information content (AvgIpc) is 2.72. The van der Waals surface area contributed by atoms with E-state index in [2.05, 4.69) is 55.8 Å². The quantitative estimate of drug-likeness (QED) is 0.614. The summed E-state index contributed by atoms with van der Waals surface area (Å²) in [5, 5.41) is 6.15. The van der Waals surface area contributed by atoms with E-state index in [1.807, 2.05) is 5.01 Å². The molecule has 2 rings (SSSR count). The van der Waals surface area contributed by atoms with Gasteiger partial charge in [0.15, 0.2) is 5.11 Å². The monoisotopic (exact) mass is 291 g/mol. The number of hydrogen-bond acceptors (Lipinski definition) is 2. The van der Waals surface area contributed by atoms with Crippen LogP contribution in [0.5, 0.6) is 0 Å². The van der Waals surface area contributed by atoms with Crippen LogP contribution in [0.2, 0.25) is 0 Å². The van der Waals surface area contributed by atoms with Crippen LogP contribution in [0.4, 0.5) is 5.69 Å². The highest BCUT2D eigenvalue weighted by molar-refractivity contribution is 7.80. The number of rotatable bonds is 6. The fourth-order valence-corrected chi connectivity index (χ4v) is 2.89. The molecule has 0 radical (unpaired) electrons. The van der Waals surface area contributed by atoms with E-state index in [1.54, 1.807) is 0 Å². The Morgan fingerprint density at radius 3 is 2.50 bits per heavy atom. The lowest BCUT2D eigenvalue weighted by molar-refractivity contribution is 0.333. The molecule has 1 aromatic rings. The molecule has 1 atom stereocenters. The maximum atomic E-state index is 5.46. The number of aryl methyl sites for hydroxylation is 1. The Labute approximate surface area is 127 Å². The van der Waals surface area contributed by atoms with Gasteiger partial charge in [0.1, 0.15) is 5.66 Å². The minimum Gasteiger partial charge on any atom is -0.342 e. The Morgan fingerprint density at radius 1 is 1.15 bits per heavy atom. The van der Waals surface area contributed by atoms with Gasteiger partial charge in [0.25, 0.3) is 0 Å². The zero-order valence-electron chi connectivity index (χ0n) is 12.7. The molecule has 1 aliphatic heterocycles. The molecule has 0 aromatic heterocycles. The highest BCUT2D eigenvalue weighted by Crippen LogP contribution is 2.23. The summed E-state index contributed by atoms with van der Waals surface area (Å²) in [4.78, 5) is 0. The maximum Gasteiger partial charge on any atom is 0.189 e. The third-order valence-electron chi connectivity index (χ3n) is 3.77. The van der Waals surface area contributed by atoms with Crippen molar-refractivity contribution in [3.63, 3.8) is 0 Å². The first-order chi connectivity index (χ1) is 9.54. The lowest BCUT2D eigenvalue weighted by Crippen LogP contribution is -2.48. The molecule has 0 bridgehead atoms. The highest BCUT2D eigenvalue weighted by atomic mass is 32.1. The lowest BCUT2D eigenvalue weighted by atomic mass is 10.0. The number of thiocarbonyl (C=S) groups is 1. The molecule has 0 spiro atoms. The van der Waals surface area contributed by atoms with Gasteiger partial charge in [0, 0.05) is 0 Å². The van der Waals surface area contributed by atoms with E-state index in [0.717, 1.165) is 17.2 Å². The summed E-state index contributed by atoms with van der Waals surface area (Å²) in [6, 6.07) is 8.41. The Morgan fingerprint density at radius 2 is 1.85 bits per heavy atom. The molecule has 3 nitrogen and oxygen atoms in total. The van der Waals surface area contributed by atoms with Gasteiger partial charge in [-0.2, -0.15) is 0 Å². The van der Waals surface area contributed by atoms with Crippen LogP contribution in [0, 0.1) is 6.92 Å². The van der Waals surface area contributed by atoms with Crippen LogP contribution in [0.1, 0.15) is 51.5 Å². The largest absolute Gasteiger partial charge is 0.342 e. The Hall–Kier alpha value is -1.13. The van der Waals surface area contributed by atoms with Crippen molar-refractivity contribution in [1.29, 1.82) is 0 Å². The van der Waals surface area contributed by atoms with E-state index in [9.17, 15) is 0 Å². The van der Waals surface area contributed by atoms with E-state index in [-0.39, 0.29) is 5.66 Å². The zero-order valence-corrected chi connectivity index (χ0v) is 13.5. The standard InChI is InChI=1S/C16H25N3S/c1-4-5-6-7-12-16(3)17-15(20)19(18-16)14-10-8-13(2)9-11-14/h8-11,18H,4-7,12H2,1-3H3,(H,17,20)/t16-/m0/s1. The molecule has 0 aliphatic carbocycles. The summed E-state index contributed by atoms with van der Waals surface area (Å²) in [6.07, 6.45) is 6.16. The van der Waals surface area contributed by atoms with E-state index >= 15 is 0 Å². The molecule has 4 heteroatoms. The van der Waals surface area contributed by atoms with Crippen molar-refractivity contribution in [2.45, 2.75) is 58.5 Å². The summed E-state index contributed by atoms with van der Waals surface area (Å²) in [6.45, 7) is 6.51. The minimum atomic E-state index is -0.129. The molecule has 110 valence electrons. The average molecular weight is 291 g/mol. The first-order valence-corrected chi connectivity index (χ1v) is 7.92. The van der Waals surface area contributed by atoms with Gasteiger partial charge in [-0.1, -0.05) is 43.9 Å². The SMILES string of the molecule is CCCCCC[C@@]1(C)NC(=S)N(c2ccc(C)cc2)N1. The number of hydrogen-bond donors (Lipinski definition) is 2. The fourth-order valence-electron chi connectivity index (χ4n) is 2.52. The van der Waals surface area contributed by atoms with Crippen LogP contribution >= 0.6 is 12.2 Å². The van der Waals surface area contributed by atoms with Crippen molar-refractivity contribution < 1.29 is 0 Å². The fraction of sp³-hybridized carbons (Fsp3) is 0.562. The minimum absolute atomic E-state index is 0.129. The molecule has 0 amide bonds. The molecular formula is C16H25N3S. The molecule has 1 aliphatic rings.